The molecule has 1 aliphatic carbocycles. The molecule has 3 fully saturated rings. The summed E-state index contributed by atoms with van der Waals surface area (Å²) in [4.78, 5) is 14.7. The van der Waals surface area contributed by atoms with Crippen molar-refractivity contribution in [3.8, 4) is 0 Å². The molecule has 5 heteroatoms. The molecule has 126 valence electrons. The molecule has 2 heterocycles. The molecule has 1 spiro atoms. The summed E-state index contributed by atoms with van der Waals surface area (Å²) in [7, 11) is 0. The van der Waals surface area contributed by atoms with Crippen LogP contribution in [0, 0.1) is 11.8 Å². The van der Waals surface area contributed by atoms with E-state index in [2.05, 4.69) is 11.8 Å². The van der Waals surface area contributed by atoms with E-state index in [4.69, 9.17) is 14.2 Å². The Hall–Kier alpha value is -0.650. The average Bonchev–Trinajstić information content (AvgIpc) is 2.95. The van der Waals surface area contributed by atoms with Crippen LogP contribution >= 0.6 is 0 Å². The van der Waals surface area contributed by atoms with Crippen LogP contribution in [-0.4, -0.2) is 55.6 Å². The lowest BCUT2D eigenvalue weighted by Gasteiger charge is -2.50. The molecule has 22 heavy (non-hydrogen) atoms. The van der Waals surface area contributed by atoms with Gasteiger partial charge in [-0.1, -0.05) is 6.92 Å². The van der Waals surface area contributed by atoms with Gasteiger partial charge in [-0.2, -0.15) is 0 Å². The molecule has 5 nitrogen and oxygen atoms in total. The van der Waals surface area contributed by atoms with Gasteiger partial charge in [0, 0.05) is 25.4 Å². The lowest BCUT2D eigenvalue weighted by Crippen LogP contribution is -2.56. The van der Waals surface area contributed by atoms with Gasteiger partial charge in [0.2, 0.25) is 0 Å². The number of esters is 1. The second-order valence-electron chi connectivity index (χ2n) is 6.86. The number of likely N-dealkylation sites (tertiary alicyclic amines) is 1. The number of ether oxygens (including phenoxy) is 3. The largest absolute Gasteiger partial charge is 0.466 e. The lowest BCUT2D eigenvalue weighted by molar-refractivity contribution is -0.205. The fourth-order valence-electron chi connectivity index (χ4n) is 4.56. The first-order valence-corrected chi connectivity index (χ1v) is 8.86. The Morgan fingerprint density at radius 1 is 1.32 bits per heavy atom. The number of carbonyl (C=O) groups is 1. The van der Waals surface area contributed by atoms with Crippen molar-refractivity contribution < 1.29 is 19.0 Å². The van der Waals surface area contributed by atoms with Crippen LogP contribution in [-0.2, 0) is 19.0 Å². The number of carbonyl (C=O) groups excluding carboxylic acids is 1. The average molecular weight is 311 g/mol. The minimum Gasteiger partial charge on any atom is -0.466 e. The van der Waals surface area contributed by atoms with E-state index < -0.39 is 0 Å². The van der Waals surface area contributed by atoms with Crippen molar-refractivity contribution in [1.29, 1.82) is 0 Å². The van der Waals surface area contributed by atoms with Crippen LogP contribution < -0.4 is 0 Å². The molecule has 2 saturated heterocycles. The predicted octanol–water partition coefficient (Wildman–Crippen LogP) is 2.19. The van der Waals surface area contributed by atoms with Crippen LogP contribution in [0.3, 0.4) is 0 Å². The third kappa shape index (κ3) is 3.17. The molecule has 0 amide bonds. The Morgan fingerprint density at radius 2 is 2.09 bits per heavy atom. The van der Waals surface area contributed by atoms with Gasteiger partial charge in [-0.3, -0.25) is 9.69 Å². The first-order valence-electron chi connectivity index (χ1n) is 8.86. The summed E-state index contributed by atoms with van der Waals surface area (Å²) in [5.74, 6) is 0.0797. The molecule has 0 aromatic rings. The molecule has 0 N–H and O–H groups in total. The third-order valence-electron chi connectivity index (χ3n) is 5.39. The first kappa shape index (κ1) is 16.2. The van der Waals surface area contributed by atoms with Gasteiger partial charge in [-0.15, -0.1) is 0 Å². The highest BCUT2D eigenvalue weighted by molar-refractivity contribution is 5.72. The molecule has 1 saturated carbocycles. The number of hydrogen-bond donors (Lipinski definition) is 0. The predicted molar refractivity (Wildman–Crippen MR) is 82.4 cm³/mol. The summed E-state index contributed by atoms with van der Waals surface area (Å²) in [6, 6.07) is 0.573. The second-order valence-corrected chi connectivity index (χ2v) is 6.86. The fourth-order valence-corrected chi connectivity index (χ4v) is 4.56. The molecular formula is C17H29NO4. The molecule has 0 bridgehead atoms. The number of fused-ring (bicyclic) bond motifs is 1. The van der Waals surface area contributed by atoms with E-state index >= 15 is 0 Å². The Labute approximate surface area is 133 Å². The number of hydrogen-bond acceptors (Lipinski definition) is 5. The standard InChI is InChI=1S/C17H29NO4/c1-3-7-18-12-14(16(19)20-4-2)10-13-11-17(6-5-15(13)18)21-8-9-22-17/h13-15H,3-12H2,1-2H3/t13-,14-,15-/m1/s1. The van der Waals surface area contributed by atoms with Crippen LogP contribution in [0.5, 0.6) is 0 Å². The molecule has 3 atom stereocenters. The van der Waals surface area contributed by atoms with E-state index in [9.17, 15) is 4.79 Å². The van der Waals surface area contributed by atoms with E-state index in [1.54, 1.807) is 0 Å². The monoisotopic (exact) mass is 311 g/mol. The molecule has 0 unspecified atom stereocenters. The van der Waals surface area contributed by atoms with Crippen LogP contribution in [0.4, 0.5) is 0 Å². The number of piperidine rings is 1. The zero-order chi connectivity index (χ0) is 15.6. The summed E-state index contributed by atoms with van der Waals surface area (Å²) < 4.78 is 17.1. The number of nitrogens with zero attached hydrogens (tertiary/aromatic N) is 1. The minimum atomic E-state index is -0.365. The maximum absolute atomic E-state index is 12.2. The van der Waals surface area contributed by atoms with E-state index in [0.29, 0.717) is 31.8 Å². The van der Waals surface area contributed by atoms with Crippen LogP contribution in [0.1, 0.15) is 46.0 Å². The summed E-state index contributed by atoms with van der Waals surface area (Å²) in [6.07, 6.45) is 5.06. The quantitative estimate of drug-likeness (QED) is 0.745. The normalized spacial score (nSPS) is 34.5. The highest BCUT2D eigenvalue weighted by Crippen LogP contribution is 2.45. The van der Waals surface area contributed by atoms with Gasteiger partial charge in [0.1, 0.15) is 0 Å². The molecule has 2 aliphatic heterocycles. The third-order valence-corrected chi connectivity index (χ3v) is 5.39. The van der Waals surface area contributed by atoms with Gasteiger partial charge in [0.15, 0.2) is 5.79 Å². The van der Waals surface area contributed by atoms with Gasteiger partial charge in [0.25, 0.3) is 0 Å². The SMILES string of the molecule is CCCN1C[C@H](C(=O)OCC)C[C@@H]2CC3(CC[C@H]21)OCCO3. The van der Waals surface area contributed by atoms with Crippen LogP contribution in [0.15, 0.2) is 0 Å². The van der Waals surface area contributed by atoms with Crippen LogP contribution in [0.25, 0.3) is 0 Å². The topological polar surface area (TPSA) is 48.0 Å². The summed E-state index contributed by atoms with van der Waals surface area (Å²) >= 11 is 0. The fraction of sp³-hybridized carbons (Fsp3) is 0.941. The highest BCUT2D eigenvalue weighted by Gasteiger charge is 2.49. The second kappa shape index (κ2) is 6.85. The molecule has 3 rings (SSSR count). The summed E-state index contributed by atoms with van der Waals surface area (Å²) in [5.41, 5.74) is 0. The zero-order valence-electron chi connectivity index (χ0n) is 13.9. The van der Waals surface area contributed by atoms with Crippen molar-refractivity contribution in [1.82, 2.24) is 4.90 Å². The van der Waals surface area contributed by atoms with Gasteiger partial charge in [-0.05, 0) is 38.6 Å². The Balaban J connectivity index is 1.71. The van der Waals surface area contributed by atoms with Gasteiger partial charge >= 0.3 is 5.97 Å². The first-order chi connectivity index (χ1) is 10.7. The highest BCUT2D eigenvalue weighted by atomic mass is 16.7. The summed E-state index contributed by atoms with van der Waals surface area (Å²) in [5, 5.41) is 0. The Morgan fingerprint density at radius 3 is 2.77 bits per heavy atom. The van der Waals surface area contributed by atoms with Gasteiger partial charge in [0.05, 0.1) is 25.7 Å². The van der Waals surface area contributed by atoms with Crippen molar-refractivity contribution in [3.63, 3.8) is 0 Å². The van der Waals surface area contributed by atoms with E-state index in [1.807, 2.05) is 6.92 Å². The van der Waals surface area contributed by atoms with Gasteiger partial charge in [-0.25, -0.2) is 0 Å². The van der Waals surface area contributed by atoms with Gasteiger partial charge < -0.3 is 14.2 Å². The van der Waals surface area contributed by atoms with E-state index in [-0.39, 0.29) is 17.7 Å². The molecular weight excluding hydrogens is 282 g/mol. The maximum atomic E-state index is 12.2. The van der Waals surface area contributed by atoms with Crippen molar-refractivity contribution in [3.05, 3.63) is 0 Å². The van der Waals surface area contributed by atoms with Crippen LogP contribution in [0.2, 0.25) is 0 Å². The minimum absolute atomic E-state index is 0.00398. The zero-order valence-corrected chi connectivity index (χ0v) is 13.9. The van der Waals surface area contributed by atoms with Crippen molar-refractivity contribution in [2.75, 3.05) is 32.9 Å². The Bertz CT molecular complexity index is 394. The molecule has 0 aromatic carbocycles. The smallest absolute Gasteiger partial charge is 0.310 e. The lowest BCUT2D eigenvalue weighted by atomic mass is 9.72. The molecule has 0 aromatic heterocycles. The Kier molecular flexibility index (Phi) is 5.05. The summed E-state index contributed by atoms with van der Waals surface area (Å²) in [6.45, 7) is 7.87. The molecule has 0 radical (unpaired) electrons. The maximum Gasteiger partial charge on any atom is 0.310 e. The number of rotatable bonds is 4. The van der Waals surface area contributed by atoms with Crippen molar-refractivity contribution >= 4 is 5.97 Å². The van der Waals surface area contributed by atoms with Crippen molar-refractivity contribution in [2.24, 2.45) is 11.8 Å². The molecule has 3 aliphatic rings. The van der Waals surface area contributed by atoms with E-state index in [0.717, 1.165) is 45.2 Å². The van der Waals surface area contributed by atoms with E-state index in [1.165, 1.54) is 0 Å². The van der Waals surface area contributed by atoms with Crippen molar-refractivity contribution in [2.45, 2.75) is 57.8 Å².